The minimum Gasteiger partial charge on any atom is -0.496 e. The molecule has 0 bridgehead atoms. The lowest BCUT2D eigenvalue weighted by molar-refractivity contribution is -0.126. The number of carbonyl (C=O) groups is 2. The molecule has 2 aromatic rings. The highest BCUT2D eigenvalue weighted by molar-refractivity contribution is 6.30. The quantitative estimate of drug-likeness (QED) is 0.855. The summed E-state index contributed by atoms with van der Waals surface area (Å²) in [5.74, 6) is 0.453. The summed E-state index contributed by atoms with van der Waals surface area (Å²) >= 11 is 5.89. The highest BCUT2D eigenvalue weighted by Gasteiger charge is 2.28. The molecule has 1 fully saturated rings. The van der Waals surface area contributed by atoms with Crippen LogP contribution in [-0.4, -0.2) is 36.9 Å². The Balaban J connectivity index is 1.59. The summed E-state index contributed by atoms with van der Waals surface area (Å²) in [6, 6.07) is 14.5. The van der Waals surface area contributed by atoms with Crippen LogP contribution in [0.5, 0.6) is 5.75 Å². The van der Waals surface area contributed by atoms with Crippen LogP contribution in [0.4, 0.5) is 0 Å². The molecule has 27 heavy (non-hydrogen) atoms. The van der Waals surface area contributed by atoms with Crippen molar-refractivity contribution in [2.45, 2.75) is 19.4 Å². The van der Waals surface area contributed by atoms with Crippen molar-refractivity contribution in [1.82, 2.24) is 10.2 Å². The van der Waals surface area contributed by atoms with Gasteiger partial charge in [-0.15, -0.1) is 0 Å². The molecule has 1 atom stereocenters. The molecule has 0 saturated carbocycles. The maximum atomic E-state index is 12.7. The number of carbonyl (C=O) groups excluding carboxylic acids is 2. The first-order chi connectivity index (χ1) is 13.1. The molecule has 5 nitrogen and oxygen atoms in total. The molecule has 3 rings (SSSR count). The van der Waals surface area contributed by atoms with Crippen LogP contribution < -0.4 is 10.1 Å². The first-order valence-corrected chi connectivity index (χ1v) is 9.40. The third kappa shape index (κ3) is 4.80. The molecular weight excluding hydrogens is 364 g/mol. The molecule has 2 aromatic carbocycles. The van der Waals surface area contributed by atoms with Crippen molar-refractivity contribution in [2.24, 2.45) is 5.92 Å². The van der Waals surface area contributed by atoms with Crippen LogP contribution in [0, 0.1) is 5.92 Å². The van der Waals surface area contributed by atoms with Crippen molar-refractivity contribution in [3.63, 3.8) is 0 Å². The summed E-state index contributed by atoms with van der Waals surface area (Å²) in [6.45, 7) is 1.50. The summed E-state index contributed by atoms with van der Waals surface area (Å²) in [6.07, 6.45) is 1.59. The maximum Gasteiger partial charge on any atom is 0.253 e. The lowest BCUT2D eigenvalue weighted by atomic mass is 9.96. The predicted molar refractivity (Wildman–Crippen MR) is 105 cm³/mol. The minimum atomic E-state index is -0.204. The van der Waals surface area contributed by atoms with Gasteiger partial charge in [0.15, 0.2) is 0 Å². The summed E-state index contributed by atoms with van der Waals surface area (Å²) in [5, 5.41) is 3.57. The number of nitrogens with one attached hydrogen (secondary N) is 1. The van der Waals surface area contributed by atoms with Crippen LogP contribution in [0.3, 0.4) is 0 Å². The Labute approximate surface area is 164 Å². The molecule has 0 radical (unpaired) electrons. The van der Waals surface area contributed by atoms with E-state index in [-0.39, 0.29) is 17.7 Å². The van der Waals surface area contributed by atoms with Crippen LogP contribution >= 0.6 is 11.6 Å². The monoisotopic (exact) mass is 386 g/mol. The molecule has 1 aliphatic heterocycles. The van der Waals surface area contributed by atoms with Crippen molar-refractivity contribution < 1.29 is 14.3 Å². The predicted octanol–water partition coefficient (Wildman–Crippen LogP) is 3.52. The fourth-order valence-corrected chi connectivity index (χ4v) is 3.45. The first-order valence-electron chi connectivity index (χ1n) is 9.03. The second-order valence-corrected chi connectivity index (χ2v) is 7.06. The Morgan fingerprint density at radius 3 is 2.67 bits per heavy atom. The molecule has 1 N–H and O–H groups in total. The third-order valence-electron chi connectivity index (χ3n) is 4.82. The molecule has 6 heteroatoms. The van der Waals surface area contributed by atoms with E-state index in [0.717, 1.165) is 24.2 Å². The second kappa shape index (κ2) is 8.91. The van der Waals surface area contributed by atoms with Gasteiger partial charge in [-0.3, -0.25) is 9.59 Å². The number of methoxy groups -OCH3 is 1. The van der Waals surface area contributed by atoms with Gasteiger partial charge in [0.1, 0.15) is 5.75 Å². The number of likely N-dealkylation sites (tertiary alicyclic amines) is 1. The zero-order valence-electron chi connectivity index (χ0n) is 15.3. The van der Waals surface area contributed by atoms with E-state index in [9.17, 15) is 9.59 Å². The van der Waals surface area contributed by atoms with Gasteiger partial charge in [0, 0.05) is 35.8 Å². The molecule has 0 spiro atoms. The maximum absolute atomic E-state index is 12.7. The minimum absolute atomic E-state index is 0.0329. The van der Waals surface area contributed by atoms with Crippen LogP contribution in [0.1, 0.15) is 28.8 Å². The molecule has 0 aromatic heterocycles. The van der Waals surface area contributed by atoms with Gasteiger partial charge >= 0.3 is 0 Å². The lowest BCUT2D eigenvalue weighted by Gasteiger charge is -2.32. The second-order valence-electron chi connectivity index (χ2n) is 6.63. The third-order valence-corrected chi connectivity index (χ3v) is 5.07. The number of para-hydroxylation sites is 1. The topological polar surface area (TPSA) is 58.6 Å². The van der Waals surface area contributed by atoms with Gasteiger partial charge in [0.25, 0.3) is 5.91 Å². The largest absolute Gasteiger partial charge is 0.496 e. The number of amides is 2. The Morgan fingerprint density at radius 2 is 1.93 bits per heavy atom. The summed E-state index contributed by atoms with van der Waals surface area (Å²) in [7, 11) is 1.61. The van der Waals surface area contributed by atoms with E-state index in [2.05, 4.69) is 5.32 Å². The molecule has 1 unspecified atom stereocenters. The zero-order chi connectivity index (χ0) is 19.2. The fourth-order valence-electron chi connectivity index (χ4n) is 3.33. The SMILES string of the molecule is COc1ccccc1CNC(=O)C1CCCN(C(=O)c2ccc(Cl)cc2)C1. The van der Waals surface area contributed by atoms with Crippen molar-refractivity contribution in [2.75, 3.05) is 20.2 Å². The van der Waals surface area contributed by atoms with E-state index in [0.29, 0.717) is 30.2 Å². The Kier molecular flexibility index (Phi) is 6.35. The van der Waals surface area contributed by atoms with Crippen LogP contribution in [0.2, 0.25) is 5.02 Å². The average Bonchev–Trinajstić information content (AvgIpc) is 2.72. The van der Waals surface area contributed by atoms with E-state index in [1.807, 2.05) is 24.3 Å². The molecule has 142 valence electrons. The van der Waals surface area contributed by atoms with Crippen LogP contribution in [0.15, 0.2) is 48.5 Å². The number of hydrogen-bond acceptors (Lipinski definition) is 3. The Morgan fingerprint density at radius 1 is 1.19 bits per heavy atom. The first kappa shape index (κ1) is 19.2. The lowest BCUT2D eigenvalue weighted by Crippen LogP contribution is -2.45. The van der Waals surface area contributed by atoms with E-state index in [1.54, 1.807) is 36.3 Å². The molecule has 1 heterocycles. The van der Waals surface area contributed by atoms with Crippen molar-refractivity contribution in [3.8, 4) is 5.75 Å². The van der Waals surface area contributed by atoms with Gasteiger partial charge in [-0.1, -0.05) is 29.8 Å². The van der Waals surface area contributed by atoms with E-state index < -0.39 is 0 Å². The number of piperidine rings is 1. The van der Waals surface area contributed by atoms with Crippen LogP contribution in [-0.2, 0) is 11.3 Å². The molecular formula is C21H23ClN2O3. The normalized spacial score (nSPS) is 16.7. The molecule has 1 saturated heterocycles. The smallest absolute Gasteiger partial charge is 0.253 e. The van der Waals surface area contributed by atoms with Gasteiger partial charge in [0.05, 0.1) is 13.0 Å². The van der Waals surface area contributed by atoms with Crippen molar-refractivity contribution >= 4 is 23.4 Å². The molecule has 2 amide bonds. The van der Waals surface area contributed by atoms with E-state index in [4.69, 9.17) is 16.3 Å². The Bertz CT molecular complexity index is 807. The average molecular weight is 387 g/mol. The standard InChI is InChI=1S/C21H23ClN2O3/c1-27-19-7-3-2-5-16(19)13-23-20(25)17-6-4-12-24(14-17)21(26)15-8-10-18(22)11-9-15/h2-3,5,7-11,17H,4,6,12-14H2,1H3,(H,23,25). The molecule has 1 aliphatic rings. The van der Waals surface area contributed by atoms with Gasteiger partial charge in [-0.05, 0) is 43.2 Å². The van der Waals surface area contributed by atoms with Crippen molar-refractivity contribution in [3.05, 3.63) is 64.7 Å². The number of ether oxygens (including phenoxy) is 1. The number of rotatable bonds is 5. The van der Waals surface area contributed by atoms with E-state index in [1.165, 1.54) is 0 Å². The number of halogens is 1. The number of benzene rings is 2. The number of nitrogens with zero attached hydrogens (tertiary/aromatic N) is 1. The van der Waals surface area contributed by atoms with Crippen molar-refractivity contribution in [1.29, 1.82) is 0 Å². The fraction of sp³-hybridized carbons (Fsp3) is 0.333. The van der Waals surface area contributed by atoms with Gasteiger partial charge < -0.3 is 15.0 Å². The zero-order valence-corrected chi connectivity index (χ0v) is 16.0. The summed E-state index contributed by atoms with van der Waals surface area (Å²) in [5.41, 5.74) is 1.52. The Hall–Kier alpha value is -2.53. The highest BCUT2D eigenvalue weighted by atomic mass is 35.5. The number of hydrogen-bond donors (Lipinski definition) is 1. The molecule has 0 aliphatic carbocycles. The highest BCUT2D eigenvalue weighted by Crippen LogP contribution is 2.21. The van der Waals surface area contributed by atoms with Gasteiger partial charge in [-0.2, -0.15) is 0 Å². The van der Waals surface area contributed by atoms with Crippen LogP contribution in [0.25, 0.3) is 0 Å². The van der Waals surface area contributed by atoms with Gasteiger partial charge in [0.2, 0.25) is 5.91 Å². The van der Waals surface area contributed by atoms with Gasteiger partial charge in [-0.25, -0.2) is 0 Å². The summed E-state index contributed by atoms with van der Waals surface area (Å²) in [4.78, 5) is 27.0. The van der Waals surface area contributed by atoms with E-state index >= 15 is 0 Å². The summed E-state index contributed by atoms with van der Waals surface area (Å²) < 4.78 is 5.32.